The average molecular weight is 244 g/mol. The van der Waals surface area contributed by atoms with E-state index in [1.807, 2.05) is 13.8 Å². The van der Waals surface area contributed by atoms with Gasteiger partial charge in [-0.3, -0.25) is 4.79 Å². The highest BCUT2D eigenvalue weighted by atomic mass is 16.7. The molecule has 1 aliphatic heterocycles. The van der Waals surface area contributed by atoms with Crippen molar-refractivity contribution in [2.75, 3.05) is 13.4 Å². The molecule has 0 aliphatic carbocycles. The zero-order valence-corrected chi connectivity index (χ0v) is 11.1. The number of esters is 1. The largest absolute Gasteiger partial charge is 0.438 e. The fourth-order valence-corrected chi connectivity index (χ4v) is 2.13. The van der Waals surface area contributed by atoms with Crippen LogP contribution in [0.25, 0.3) is 0 Å². The smallest absolute Gasteiger partial charge is 0.313 e. The lowest BCUT2D eigenvalue weighted by atomic mass is 9.97. The SMILES string of the molecule is CCCOCOC(=O)C1CC(CC)OC1CC. The molecule has 0 radical (unpaired) electrons. The van der Waals surface area contributed by atoms with E-state index >= 15 is 0 Å². The Morgan fingerprint density at radius 1 is 1.29 bits per heavy atom. The highest BCUT2D eigenvalue weighted by Crippen LogP contribution is 2.31. The Kier molecular flexibility index (Phi) is 6.52. The van der Waals surface area contributed by atoms with E-state index in [1.165, 1.54) is 0 Å². The summed E-state index contributed by atoms with van der Waals surface area (Å²) in [5, 5.41) is 0. The molecule has 0 N–H and O–H groups in total. The summed E-state index contributed by atoms with van der Waals surface area (Å²) in [6, 6.07) is 0. The van der Waals surface area contributed by atoms with Crippen LogP contribution in [0.2, 0.25) is 0 Å². The molecule has 1 fully saturated rings. The molecule has 3 unspecified atom stereocenters. The van der Waals surface area contributed by atoms with Crippen molar-refractivity contribution in [3.05, 3.63) is 0 Å². The molecule has 1 heterocycles. The van der Waals surface area contributed by atoms with E-state index in [2.05, 4.69) is 6.92 Å². The standard InChI is InChI=1S/C13H24O4/c1-4-7-15-9-16-13(14)11-8-10(5-2)17-12(11)6-3/h10-12H,4-9H2,1-3H3. The van der Waals surface area contributed by atoms with Crippen molar-refractivity contribution in [3.63, 3.8) is 0 Å². The van der Waals surface area contributed by atoms with Crippen molar-refractivity contribution in [2.24, 2.45) is 5.92 Å². The summed E-state index contributed by atoms with van der Waals surface area (Å²) in [6.07, 6.45) is 3.73. The molecule has 1 aliphatic rings. The van der Waals surface area contributed by atoms with Crippen LogP contribution < -0.4 is 0 Å². The first-order valence-corrected chi connectivity index (χ1v) is 6.62. The summed E-state index contributed by atoms with van der Waals surface area (Å²) in [5.74, 6) is -0.293. The van der Waals surface area contributed by atoms with Crippen molar-refractivity contribution in [1.82, 2.24) is 0 Å². The van der Waals surface area contributed by atoms with Gasteiger partial charge in [-0.25, -0.2) is 0 Å². The molecule has 4 heteroatoms. The first-order chi connectivity index (χ1) is 8.22. The Bertz CT molecular complexity index is 229. The second-order valence-corrected chi connectivity index (χ2v) is 4.44. The van der Waals surface area contributed by atoms with Gasteiger partial charge in [-0.15, -0.1) is 0 Å². The maximum atomic E-state index is 11.9. The lowest BCUT2D eigenvalue weighted by Crippen LogP contribution is -2.26. The first kappa shape index (κ1) is 14.5. The third-order valence-electron chi connectivity index (χ3n) is 3.13. The molecule has 0 amide bonds. The third-order valence-corrected chi connectivity index (χ3v) is 3.13. The van der Waals surface area contributed by atoms with Crippen LogP contribution in [0.5, 0.6) is 0 Å². The van der Waals surface area contributed by atoms with E-state index in [4.69, 9.17) is 14.2 Å². The monoisotopic (exact) mass is 244 g/mol. The normalized spacial score (nSPS) is 28.3. The molecule has 0 spiro atoms. The highest BCUT2D eigenvalue weighted by molar-refractivity contribution is 5.73. The quantitative estimate of drug-likeness (QED) is 0.392. The molecule has 1 saturated heterocycles. The van der Waals surface area contributed by atoms with Gasteiger partial charge in [0.15, 0.2) is 6.79 Å². The molecule has 100 valence electrons. The van der Waals surface area contributed by atoms with E-state index in [-0.39, 0.29) is 30.9 Å². The molecule has 3 atom stereocenters. The van der Waals surface area contributed by atoms with E-state index in [9.17, 15) is 4.79 Å². The number of ether oxygens (including phenoxy) is 3. The first-order valence-electron chi connectivity index (χ1n) is 6.62. The minimum absolute atomic E-state index is 0.0126. The molecular weight excluding hydrogens is 220 g/mol. The van der Waals surface area contributed by atoms with Crippen LogP contribution in [0.15, 0.2) is 0 Å². The second-order valence-electron chi connectivity index (χ2n) is 4.44. The third kappa shape index (κ3) is 4.28. The van der Waals surface area contributed by atoms with E-state index in [0.717, 1.165) is 25.7 Å². The summed E-state index contributed by atoms with van der Waals surface area (Å²) < 4.78 is 16.0. The number of carbonyl (C=O) groups is 1. The number of hydrogen-bond acceptors (Lipinski definition) is 4. The summed E-state index contributed by atoms with van der Waals surface area (Å²) in [4.78, 5) is 11.9. The molecule has 0 aromatic carbocycles. The molecule has 17 heavy (non-hydrogen) atoms. The van der Waals surface area contributed by atoms with Crippen LogP contribution in [-0.2, 0) is 19.0 Å². The number of rotatable bonds is 7. The topological polar surface area (TPSA) is 44.8 Å². The van der Waals surface area contributed by atoms with Gasteiger partial charge in [0.1, 0.15) is 0 Å². The minimum Gasteiger partial charge on any atom is -0.438 e. The Hall–Kier alpha value is -0.610. The number of hydrogen-bond donors (Lipinski definition) is 0. The van der Waals surface area contributed by atoms with Gasteiger partial charge < -0.3 is 14.2 Å². The fraction of sp³-hybridized carbons (Fsp3) is 0.923. The molecule has 0 aromatic heterocycles. The van der Waals surface area contributed by atoms with Crippen LogP contribution in [0.4, 0.5) is 0 Å². The predicted octanol–water partition coefficient (Wildman–Crippen LogP) is 2.51. The summed E-state index contributed by atoms with van der Waals surface area (Å²) in [5.41, 5.74) is 0. The van der Waals surface area contributed by atoms with Crippen molar-refractivity contribution >= 4 is 5.97 Å². The summed E-state index contributed by atoms with van der Waals surface area (Å²) in [7, 11) is 0. The van der Waals surface area contributed by atoms with Gasteiger partial charge in [-0.1, -0.05) is 20.8 Å². The number of carbonyl (C=O) groups excluding carboxylic acids is 1. The van der Waals surface area contributed by atoms with Gasteiger partial charge >= 0.3 is 5.97 Å². The van der Waals surface area contributed by atoms with Crippen molar-refractivity contribution in [1.29, 1.82) is 0 Å². The molecule has 0 saturated carbocycles. The predicted molar refractivity (Wildman–Crippen MR) is 64.6 cm³/mol. The van der Waals surface area contributed by atoms with E-state index in [0.29, 0.717) is 6.61 Å². The second kappa shape index (κ2) is 7.67. The maximum absolute atomic E-state index is 11.9. The summed E-state index contributed by atoms with van der Waals surface area (Å²) >= 11 is 0. The Morgan fingerprint density at radius 3 is 2.65 bits per heavy atom. The van der Waals surface area contributed by atoms with Crippen LogP contribution in [0.3, 0.4) is 0 Å². The van der Waals surface area contributed by atoms with Gasteiger partial charge in [0.25, 0.3) is 0 Å². The molecular formula is C13H24O4. The van der Waals surface area contributed by atoms with E-state index < -0.39 is 0 Å². The van der Waals surface area contributed by atoms with Crippen LogP contribution in [0.1, 0.15) is 46.5 Å². The van der Waals surface area contributed by atoms with Crippen molar-refractivity contribution in [3.8, 4) is 0 Å². The van der Waals surface area contributed by atoms with Gasteiger partial charge in [-0.05, 0) is 25.7 Å². The Balaban J connectivity index is 2.34. The Labute approximate surface area is 104 Å². The minimum atomic E-state index is -0.177. The molecule has 1 rings (SSSR count). The molecule has 0 aromatic rings. The van der Waals surface area contributed by atoms with Crippen LogP contribution in [-0.4, -0.2) is 31.6 Å². The van der Waals surface area contributed by atoms with Crippen LogP contribution >= 0.6 is 0 Å². The van der Waals surface area contributed by atoms with Crippen LogP contribution in [0, 0.1) is 5.92 Å². The fourth-order valence-electron chi connectivity index (χ4n) is 2.13. The highest BCUT2D eigenvalue weighted by Gasteiger charge is 2.38. The lowest BCUT2D eigenvalue weighted by molar-refractivity contribution is -0.163. The summed E-state index contributed by atoms with van der Waals surface area (Å²) in [6.45, 7) is 6.83. The van der Waals surface area contributed by atoms with Crippen molar-refractivity contribution in [2.45, 2.75) is 58.7 Å². The van der Waals surface area contributed by atoms with Gasteiger partial charge in [0.05, 0.1) is 24.7 Å². The average Bonchev–Trinajstić information content (AvgIpc) is 2.77. The van der Waals surface area contributed by atoms with Crippen molar-refractivity contribution < 1.29 is 19.0 Å². The zero-order valence-electron chi connectivity index (χ0n) is 11.1. The lowest BCUT2D eigenvalue weighted by Gasteiger charge is -2.15. The molecule has 0 bridgehead atoms. The zero-order chi connectivity index (χ0) is 12.7. The Morgan fingerprint density at radius 2 is 2.06 bits per heavy atom. The maximum Gasteiger partial charge on any atom is 0.313 e. The van der Waals surface area contributed by atoms with Gasteiger partial charge in [-0.2, -0.15) is 0 Å². The van der Waals surface area contributed by atoms with Gasteiger partial charge in [0, 0.05) is 0 Å². The van der Waals surface area contributed by atoms with E-state index in [1.54, 1.807) is 0 Å². The molecule has 4 nitrogen and oxygen atoms in total. The van der Waals surface area contributed by atoms with Gasteiger partial charge in [0.2, 0.25) is 0 Å².